The van der Waals surface area contributed by atoms with Crippen molar-refractivity contribution >= 4 is 47.9 Å². The van der Waals surface area contributed by atoms with E-state index in [1.165, 1.54) is 12.1 Å². The van der Waals surface area contributed by atoms with Gasteiger partial charge >= 0.3 is 25.8 Å². The van der Waals surface area contributed by atoms with E-state index in [1.54, 1.807) is 0 Å². The van der Waals surface area contributed by atoms with Crippen LogP contribution in [0.2, 0.25) is 0 Å². The van der Waals surface area contributed by atoms with E-state index < -0.39 is 56.1 Å². The first-order valence-electron chi connectivity index (χ1n) is 5.42. The predicted octanol–water partition coefficient (Wildman–Crippen LogP) is 2.72. The number of fused-ring (bicyclic) bond motifs is 1. The third kappa shape index (κ3) is 2.45. The summed E-state index contributed by atoms with van der Waals surface area (Å²) in [5.41, 5.74) is -2.34. The zero-order valence-corrected chi connectivity index (χ0v) is 12.5. The van der Waals surface area contributed by atoms with Crippen LogP contribution in [-0.4, -0.2) is 20.9 Å². The van der Waals surface area contributed by atoms with Gasteiger partial charge in [-0.05, 0) is 0 Å². The molecule has 0 unspecified atom stereocenters. The van der Waals surface area contributed by atoms with E-state index in [0.29, 0.717) is 0 Å². The lowest BCUT2D eigenvalue weighted by atomic mass is 10.0. The van der Waals surface area contributed by atoms with E-state index in [0.717, 1.165) is 12.1 Å². The Hall–Kier alpha value is -2.70. The fourth-order valence-electron chi connectivity index (χ4n) is 2.03. The predicted molar refractivity (Wildman–Crippen MR) is 78.3 cm³/mol. The summed E-state index contributed by atoms with van der Waals surface area (Å²) >= 11 is -4.54. The van der Waals surface area contributed by atoms with Crippen LogP contribution in [0.5, 0.6) is 0 Å². The standard InChI is InChI=1S/C11H5IN2O8/c15-11(16)9-5-2-1-3-7(13(19)20)6(5)4-8(14(21)22)10(9)12(17)18/h1-4H,(H,15,16). The van der Waals surface area contributed by atoms with Crippen LogP contribution in [0.4, 0.5) is 11.4 Å². The van der Waals surface area contributed by atoms with Crippen LogP contribution in [0.15, 0.2) is 24.3 Å². The fraction of sp³-hybridized carbons (Fsp3) is 0. The van der Waals surface area contributed by atoms with Gasteiger partial charge in [-0.15, -0.1) is 0 Å². The Bertz CT molecular complexity index is 910. The lowest BCUT2D eigenvalue weighted by Gasteiger charge is -2.06. The maximum Gasteiger partial charge on any atom is 0.348 e. The van der Waals surface area contributed by atoms with Crippen molar-refractivity contribution in [2.24, 2.45) is 0 Å². The van der Waals surface area contributed by atoms with Gasteiger partial charge in [0.25, 0.3) is 11.4 Å². The molecule has 0 aliphatic rings. The van der Waals surface area contributed by atoms with Crippen LogP contribution in [-0.2, 0) is 6.14 Å². The second-order valence-electron chi connectivity index (χ2n) is 3.99. The molecule has 0 atom stereocenters. The number of benzene rings is 2. The lowest BCUT2D eigenvalue weighted by Crippen LogP contribution is -2.06. The zero-order valence-electron chi connectivity index (χ0n) is 10.4. The number of carboxylic acid groups (broad SMARTS) is 1. The highest BCUT2D eigenvalue weighted by Gasteiger charge is 2.31. The van der Waals surface area contributed by atoms with E-state index in [9.17, 15) is 36.3 Å². The summed E-state index contributed by atoms with van der Waals surface area (Å²) in [7, 11) is 0. The molecular weight excluding hydrogens is 415 g/mol. The number of hydrogen-bond donors (Lipinski definition) is 1. The number of carboxylic acids is 1. The number of nitrogens with zero attached hydrogens (tertiary/aromatic N) is 2. The Labute approximate surface area is 127 Å². The molecule has 0 saturated carbocycles. The average Bonchev–Trinajstić information content (AvgIpc) is 2.43. The number of aromatic carboxylic acids is 1. The second kappa shape index (κ2) is 5.59. The van der Waals surface area contributed by atoms with E-state index in [4.69, 9.17) is 0 Å². The minimum absolute atomic E-state index is 0.240. The molecule has 0 amide bonds. The van der Waals surface area contributed by atoms with Gasteiger partial charge in [-0.3, -0.25) is 20.2 Å². The maximum atomic E-state index is 11.4. The lowest BCUT2D eigenvalue weighted by molar-refractivity contribution is -0.386. The van der Waals surface area contributed by atoms with Gasteiger partial charge in [0.05, 0.1) is 20.8 Å². The average molecular weight is 420 g/mol. The highest BCUT2D eigenvalue weighted by Crippen LogP contribution is 2.39. The molecule has 0 fully saturated rings. The molecule has 0 radical (unpaired) electrons. The Morgan fingerprint density at radius 3 is 2.09 bits per heavy atom. The smallest absolute Gasteiger partial charge is 0.348 e. The van der Waals surface area contributed by atoms with Crippen molar-refractivity contribution in [3.8, 4) is 0 Å². The molecule has 2 aromatic carbocycles. The zero-order chi connectivity index (χ0) is 16.6. The highest BCUT2D eigenvalue weighted by molar-refractivity contribution is 14.2. The molecule has 0 aliphatic heterocycles. The molecule has 2 aromatic rings. The quantitative estimate of drug-likeness (QED) is 0.449. The van der Waals surface area contributed by atoms with Crippen LogP contribution in [0.1, 0.15) is 10.4 Å². The topological polar surface area (TPSA) is 158 Å². The van der Waals surface area contributed by atoms with E-state index >= 15 is 0 Å². The number of rotatable bonds is 4. The molecule has 10 nitrogen and oxygen atoms in total. The Morgan fingerprint density at radius 2 is 1.64 bits per heavy atom. The molecule has 0 aliphatic carbocycles. The summed E-state index contributed by atoms with van der Waals surface area (Å²) < 4.78 is 21.8. The van der Waals surface area contributed by atoms with Crippen LogP contribution in [0, 0.1) is 23.8 Å². The van der Waals surface area contributed by atoms with Gasteiger partial charge in [-0.1, -0.05) is 12.1 Å². The molecule has 114 valence electrons. The van der Waals surface area contributed by atoms with Crippen molar-refractivity contribution in [1.29, 1.82) is 0 Å². The molecule has 11 heteroatoms. The van der Waals surface area contributed by atoms with Gasteiger partial charge in [-0.25, -0.2) is 10.9 Å². The van der Waals surface area contributed by atoms with Gasteiger partial charge in [0.2, 0.25) is 0 Å². The molecule has 0 heterocycles. The largest absolute Gasteiger partial charge is 0.478 e. The second-order valence-corrected chi connectivity index (χ2v) is 6.31. The fourth-order valence-corrected chi connectivity index (χ4v) is 3.79. The molecule has 22 heavy (non-hydrogen) atoms. The van der Waals surface area contributed by atoms with Gasteiger partial charge in [0, 0.05) is 17.5 Å². The Balaban J connectivity index is 3.17. The van der Waals surface area contributed by atoms with Crippen molar-refractivity contribution in [2.75, 3.05) is 0 Å². The summed E-state index contributed by atoms with van der Waals surface area (Å²) in [6.07, 6.45) is 0. The SMILES string of the molecule is O=C(O)c1c(I(=O)=O)c([N+](=O)[O-])cc2c([N+](=O)[O-])cccc12. The first-order valence-corrected chi connectivity index (χ1v) is 8.26. The molecule has 1 N–H and O–H groups in total. The number of halogens is 1. The maximum absolute atomic E-state index is 11.4. The molecule has 0 saturated heterocycles. The van der Waals surface area contributed by atoms with Crippen LogP contribution >= 0.6 is 19.8 Å². The molecule has 0 aromatic heterocycles. The summed E-state index contributed by atoms with van der Waals surface area (Å²) in [5, 5.41) is 30.6. The Morgan fingerprint density at radius 1 is 1.05 bits per heavy atom. The number of hydrogen-bond acceptors (Lipinski definition) is 7. The van der Waals surface area contributed by atoms with Crippen molar-refractivity contribution in [3.63, 3.8) is 0 Å². The number of nitro benzene ring substituents is 2. The number of carbonyl (C=O) groups is 1. The Kier molecular flexibility index (Phi) is 3.99. The first-order chi connectivity index (χ1) is 10.3. The third-order valence-corrected chi connectivity index (χ3v) is 4.81. The highest BCUT2D eigenvalue weighted by atomic mass is 127. The van der Waals surface area contributed by atoms with Gasteiger partial charge in [-0.2, -0.15) is 0 Å². The van der Waals surface area contributed by atoms with Crippen molar-refractivity contribution in [2.45, 2.75) is 0 Å². The molecule has 2 rings (SSSR count). The minimum atomic E-state index is -4.54. The summed E-state index contributed by atoms with van der Waals surface area (Å²) in [6, 6.07) is 4.10. The van der Waals surface area contributed by atoms with Crippen molar-refractivity contribution < 1.29 is 25.9 Å². The molecule has 0 bridgehead atoms. The monoisotopic (exact) mass is 420 g/mol. The summed E-state index contributed by atoms with van der Waals surface area (Å²) in [5.74, 6) is -1.71. The normalized spacial score (nSPS) is 10.8. The molecular formula is C11H5IN2O8. The summed E-state index contributed by atoms with van der Waals surface area (Å²) in [6.45, 7) is 0. The molecule has 0 spiro atoms. The summed E-state index contributed by atoms with van der Waals surface area (Å²) in [4.78, 5) is 31.4. The first kappa shape index (κ1) is 15.7. The minimum Gasteiger partial charge on any atom is -0.478 e. The third-order valence-electron chi connectivity index (χ3n) is 2.84. The van der Waals surface area contributed by atoms with Crippen LogP contribution in [0.3, 0.4) is 0 Å². The van der Waals surface area contributed by atoms with E-state index in [1.807, 2.05) is 0 Å². The van der Waals surface area contributed by atoms with Gasteiger partial charge < -0.3 is 5.11 Å². The van der Waals surface area contributed by atoms with Crippen molar-refractivity contribution in [1.82, 2.24) is 0 Å². The van der Waals surface area contributed by atoms with Crippen LogP contribution in [0.25, 0.3) is 10.8 Å². The van der Waals surface area contributed by atoms with Gasteiger partial charge in [0.1, 0.15) is 0 Å². The number of non-ortho nitro benzene ring substituents is 1. The number of nitro groups is 2. The van der Waals surface area contributed by atoms with Gasteiger partial charge in [0.15, 0.2) is 3.57 Å². The van der Waals surface area contributed by atoms with E-state index in [2.05, 4.69) is 0 Å². The van der Waals surface area contributed by atoms with Crippen molar-refractivity contribution in [3.05, 3.63) is 53.6 Å². The van der Waals surface area contributed by atoms with Crippen LogP contribution < -0.4 is 0 Å². The van der Waals surface area contributed by atoms with E-state index in [-0.39, 0.29) is 10.8 Å².